The van der Waals surface area contributed by atoms with Crippen LogP contribution in [-0.4, -0.2) is 47.5 Å². The number of non-ortho nitro benzene ring substituents is 1. The molecule has 0 saturated heterocycles. The zero-order chi connectivity index (χ0) is 24.9. The van der Waals surface area contributed by atoms with Crippen LogP contribution in [0.5, 0.6) is 5.75 Å². The number of carbonyl (C=O) groups is 2. The number of hydrogen-bond donors (Lipinski definition) is 4. The van der Waals surface area contributed by atoms with Crippen LogP contribution in [0.1, 0.15) is 18.4 Å². The monoisotopic (exact) mass is 473 g/mol. The van der Waals surface area contributed by atoms with Gasteiger partial charge in [0.2, 0.25) is 11.8 Å². The van der Waals surface area contributed by atoms with E-state index in [4.69, 9.17) is 16.2 Å². The number of rotatable bonds is 14. The largest absolute Gasteiger partial charge is 0.489 e. The highest BCUT2D eigenvalue weighted by atomic mass is 16.6. The SMILES string of the molecule is NCCCC(C(=O)Nc1ccc(COc2ccc([N+](=O)[O-])cc2)cc1)N(CNC(=O)CN)N=O. The van der Waals surface area contributed by atoms with Gasteiger partial charge in [-0.2, -0.15) is 0 Å². The summed E-state index contributed by atoms with van der Waals surface area (Å²) in [5, 5.41) is 19.6. The Morgan fingerprint density at radius 1 is 1.12 bits per heavy atom. The number of nitro benzene ring substituents is 1. The molecule has 182 valence electrons. The van der Waals surface area contributed by atoms with Crippen molar-refractivity contribution in [2.45, 2.75) is 25.5 Å². The van der Waals surface area contributed by atoms with Gasteiger partial charge in [0.05, 0.1) is 16.8 Å². The highest BCUT2D eigenvalue weighted by Crippen LogP contribution is 2.19. The molecule has 13 heteroatoms. The third kappa shape index (κ3) is 8.11. The summed E-state index contributed by atoms with van der Waals surface area (Å²) in [4.78, 5) is 45.7. The van der Waals surface area contributed by atoms with Crippen molar-refractivity contribution in [2.75, 3.05) is 25.1 Å². The molecule has 2 amide bonds. The van der Waals surface area contributed by atoms with E-state index < -0.39 is 22.8 Å². The molecule has 0 aliphatic heterocycles. The lowest BCUT2D eigenvalue weighted by molar-refractivity contribution is -0.384. The van der Waals surface area contributed by atoms with Gasteiger partial charge in [-0.3, -0.25) is 19.7 Å². The van der Waals surface area contributed by atoms with E-state index in [1.165, 1.54) is 24.3 Å². The predicted octanol–water partition coefficient (Wildman–Crippen LogP) is 1.24. The highest BCUT2D eigenvalue weighted by Gasteiger charge is 2.26. The minimum absolute atomic E-state index is 0.0256. The maximum atomic E-state index is 12.8. The van der Waals surface area contributed by atoms with E-state index >= 15 is 0 Å². The number of benzene rings is 2. The second-order valence-electron chi connectivity index (χ2n) is 7.16. The van der Waals surface area contributed by atoms with Crippen molar-refractivity contribution < 1.29 is 19.2 Å². The van der Waals surface area contributed by atoms with Gasteiger partial charge >= 0.3 is 0 Å². The molecule has 13 nitrogen and oxygen atoms in total. The number of nitrogens with two attached hydrogens (primary N) is 2. The summed E-state index contributed by atoms with van der Waals surface area (Å²) in [7, 11) is 0. The molecule has 0 aliphatic rings. The lowest BCUT2D eigenvalue weighted by atomic mass is 10.1. The van der Waals surface area contributed by atoms with Crippen molar-refractivity contribution in [1.82, 2.24) is 10.3 Å². The molecule has 6 N–H and O–H groups in total. The van der Waals surface area contributed by atoms with Gasteiger partial charge in [0.15, 0.2) is 0 Å². The molecule has 34 heavy (non-hydrogen) atoms. The number of anilines is 1. The van der Waals surface area contributed by atoms with Crippen LogP contribution in [0, 0.1) is 15.0 Å². The van der Waals surface area contributed by atoms with Crippen LogP contribution < -0.4 is 26.8 Å². The van der Waals surface area contributed by atoms with Crippen molar-refractivity contribution in [1.29, 1.82) is 0 Å². The fraction of sp³-hybridized carbons (Fsp3) is 0.333. The van der Waals surface area contributed by atoms with E-state index in [1.807, 2.05) is 0 Å². The fourth-order valence-electron chi connectivity index (χ4n) is 2.90. The van der Waals surface area contributed by atoms with Gasteiger partial charge < -0.3 is 26.8 Å². The number of carbonyl (C=O) groups excluding carboxylic acids is 2. The lowest BCUT2D eigenvalue weighted by Gasteiger charge is -2.25. The van der Waals surface area contributed by atoms with E-state index in [-0.39, 0.29) is 31.9 Å². The maximum absolute atomic E-state index is 12.8. The Hall–Kier alpha value is -4.10. The average Bonchev–Trinajstić information content (AvgIpc) is 2.85. The Morgan fingerprint density at radius 2 is 1.79 bits per heavy atom. The Labute approximate surface area is 195 Å². The molecular weight excluding hydrogens is 446 g/mol. The summed E-state index contributed by atoms with van der Waals surface area (Å²) in [6.07, 6.45) is 0.724. The van der Waals surface area contributed by atoms with Gasteiger partial charge in [-0.15, -0.1) is 4.91 Å². The van der Waals surface area contributed by atoms with Crippen LogP contribution in [0.3, 0.4) is 0 Å². The molecule has 0 saturated carbocycles. The van der Waals surface area contributed by atoms with Crippen LogP contribution in [-0.2, 0) is 16.2 Å². The van der Waals surface area contributed by atoms with Gasteiger partial charge in [0.25, 0.3) is 5.69 Å². The Morgan fingerprint density at radius 3 is 2.35 bits per heavy atom. The summed E-state index contributed by atoms with van der Waals surface area (Å²) in [5.74, 6) is -0.489. The van der Waals surface area contributed by atoms with Crippen LogP contribution in [0.2, 0.25) is 0 Å². The second kappa shape index (κ2) is 13.4. The zero-order valence-electron chi connectivity index (χ0n) is 18.4. The van der Waals surface area contributed by atoms with E-state index in [1.54, 1.807) is 24.3 Å². The number of amides is 2. The molecule has 0 heterocycles. The molecule has 0 fully saturated rings. The molecule has 0 spiro atoms. The van der Waals surface area contributed by atoms with Gasteiger partial charge in [0.1, 0.15) is 25.1 Å². The highest BCUT2D eigenvalue weighted by molar-refractivity contribution is 5.94. The fourth-order valence-corrected chi connectivity index (χ4v) is 2.90. The second-order valence-corrected chi connectivity index (χ2v) is 7.16. The Balaban J connectivity index is 1.97. The third-order valence-electron chi connectivity index (χ3n) is 4.75. The number of nitrogens with zero attached hydrogens (tertiary/aromatic N) is 3. The lowest BCUT2D eigenvalue weighted by Crippen LogP contribution is -2.47. The first kappa shape index (κ1) is 26.2. The van der Waals surface area contributed by atoms with E-state index in [2.05, 4.69) is 15.9 Å². The smallest absolute Gasteiger partial charge is 0.269 e. The number of nitro groups is 1. The summed E-state index contributed by atoms with van der Waals surface area (Å²) >= 11 is 0. The molecule has 0 bridgehead atoms. The van der Waals surface area contributed by atoms with Crippen molar-refractivity contribution >= 4 is 23.2 Å². The normalized spacial score (nSPS) is 11.2. The van der Waals surface area contributed by atoms with Crippen LogP contribution in [0.4, 0.5) is 11.4 Å². The van der Waals surface area contributed by atoms with E-state index in [0.29, 0.717) is 24.4 Å². The van der Waals surface area contributed by atoms with Gasteiger partial charge in [0, 0.05) is 17.8 Å². The van der Waals surface area contributed by atoms with Crippen molar-refractivity contribution in [2.24, 2.45) is 16.8 Å². The first-order chi connectivity index (χ1) is 16.4. The van der Waals surface area contributed by atoms with Crippen LogP contribution in [0.25, 0.3) is 0 Å². The molecule has 0 aliphatic carbocycles. The minimum Gasteiger partial charge on any atom is -0.489 e. The van der Waals surface area contributed by atoms with Crippen LogP contribution in [0.15, 0.2) is 53.8 Å². The summed E-state index contributed by atoms with van der Waals surface area (Å²) in [6.45, 7) is 0.0116. The van der Waals surface area contributed by atoms with Gasteiger partial charge in [-0.25, -0.2) is 5.01 Å². The van der Waals surface area contributed by atoms with Crippen molar-refractivity contribution in [3.63, 3.8) is 0 Å². The quantitative estimate of drug-likeness (QED) is 0.135. The molecule has 2 rings (SSSR count). The van der Waals surface area contributed by atoms with Gasteiger partial charge in [-0.05, 0) is 49.2 Å². The average molecular weight is 473 g/mol. The van der Waals surface area contributed by atoms with E-state index in [0.717, 1.165) is 10.6 Å². The summed E-state index contributed by atoms with van der Waals surface area (Å²) < 4.78 is 5.61. The number of ether oxygens (including phenoxy) is 1. The molecule has 0 aromatic heterocycles. The molecule has 2 aromatic carbocycles. The Kier molecular flexibility index (Phi) is 10.3. The van der Waals surface area contributed by atoms with Crippen molar-refractivity contribution in [3.05, 3.63) is 69.1 Å². The minimum atomic E-state index is -0.940. The Bertz CT molecular complexity index is 969. The molecule has 1 unspecified atom stereocenters. The maximum Gasteiger partial charge on any atom is 0.269 e. The van der Waals surface area contributed by atoms with E-state index in [9.17, 15) is 24.6 Å². The van der Waals surface area contributed by atoms with Crippen molar-refractivity contribution in [3.8, 4) is 5.75 Å². The molecular formula is C21H27N7O6. The number of hydrogen-bond acceptors (Lipinski definition) is 9. The van der Waals surface area contributed by atoms with Gasteiger partial charge in [-0.1, -0.05) is 12.1 Å². The number of nitroso groups, excluding NO2 is 1. The first-order valence-corrected chi connectivity index (χ1v) is 10.4. The standard InChI is InChI=1S/C21H27N7O6/c22-11-1-2-19(27(26-31)14-24-20(29)12-23)21(30)25-16-5-3-15(4-6-16)13-34-18-9-7-17(8-10-18)28(32)33/h3-10,19H,1-2,11-14,22-23H2,(H,24,29)(H,25,30). The molecule has 0 radical (unpaired) electrons. The van der Waals surface area contributed by atoms with Crippen LogP contribution >= 0.6 is 0 Å². The third-order valence-corrected chi connectivity index (χ3v) is 4.75. The molecule has 1 atom stereocenters. The number of nitrogens with one attached hydrogen (secondary N) is 2. The topological polar surface area (TPSA) is 195 Å². The molecule has 2 aromatic rings. The summed E-state index contributed by atoms with van der Waals surface area (Å²) in [6, 6.07) is 11.6. The zero-order valence-corrected chi connectivity index (χ0v) is 18.4. The predicted molar refractivity (Wildman–Crippen MR) is 124 cm³/mol. The first-order valence-electron chi connectivity index (χ1n) is 10.4. The summed E-state index contributed by atoms with van der Waals surface area (Å²) in [5.41, 5.74) is 12.0.